The largest absolute Gasteiger partial charge is 0.445 e. The number of nitrogens with one attached hydrogen (secondary N) is 1. The van der Waals surface area contributed by atoms with Crippen molar-refractivity contribution in [3.63, 3.8) is 0 Å². The number of hydrogen-bond donors (Lipinski definition) is 2. The van der Waals surface area contributed by atoms with Gasteiger partial charge in [0.1, 0.15) is 13.2 Å². The molecule has 11 heteroatoms. The van der Waals surface area contributed by atoms with Crippen LogP contribution in [0.25, 0.3) is 0 Å². The molecule has 2 amide bonds. The van der Waals surface area contributed by atoms with E-state index in [1.807, 2.05) is 6.07 Å². The van der Waals surface area contributed by atoms with Gasteiger partial charge in [0.2, 0.25) is 5.91 Å². The van der Waals surface area contributed by atoms with Crippen LogP contribution in [-0.4, -0.2) is 57.2 Å². The van der Waals surface area contributed by atoms with E-state index in [2.05, 4.69) is 17.9 Å². The fourth-order valence-corrected chi connectivity index (χ4v) is 4.30. The highest BCUT2D eigenvalue weighted by Gasteiger charge is 2.35. The molecule has 1 fully saturated rings. The smallest absolute Gasteiger partial charge is 0.410 e. The lowest BCUT2D eigenvalue weighted by Gasteiger charge is -2.24. The highest BCUT2D eigenvalue weighted by molar-refractivity contribution is 8.00. The predicted molar refractivity (Wildman–Crippen MR) is 112 cm³/mol. The van der Waals surface area contributed by atoms with Crippen molar-refractivity contribution in [3.05, 3.63) is 39.9 Å². The van der Waals surface area contributed by atoms with Crippen molar-refractivity contribution in [1.82, 2.24) is 10.2 Å². The number of ether oxygens (including phenoxy) is 1. The van der Waals surface area contributed by atoms with E-state index < -0.39 is 11.0 Å². The van der Waals surface area contributed by atoms with Crippen LogP contribution in [0.15, 0.2) is 24.3 Å². The molecule has 9 nitrogen and oxygen atoms in total. The second kappa shape index (κ2) is 10.9. The van der Waals surface area contributed by atoms with Gasteiger partial charge in [-0.3, -0.25) is 14.9 Å². The summed E-state index contributed by atoms with van der Waals surface area (Å²) in [5, 5.41) is 21.4. The van der Waals surface area contributed by atoms with Crippen LogP contribution in [0.2, 0.25) is 0 Å². The Bertz CT molecular complexity index is 783. The number of nitrogens with zero attached hydrogens (tertiary/aromatic N) is 3. The number of thioether (sulfide) groups is 1. The van der Waals surface area contributed by atoms with E-state index in [1.165, 1.54) is 23.9 Å². The summed E-state index contributed by atoms with van der Waals surface area (Å²) in [6, 6.07) is 7.57. The molecule has 1 unspecified atom stereocenters. The molecule has 156 valence electrons. The minimum Gasteiger partial charge on any atom is -0.445 e. The van der Waals surface area contributed by atoms with Gasteiger partial charge in [-0.25, -0.2) is 4.79 Å². The Kier molecular flexibility index (Phi) is 8.60. The van der Waals surface area contributed by atoms with Gasteiger partial charge in [0.25, 0.3) is 5.69 Å². The predicted octanol–water partition coefficient (Wildman–Crippen LogP) is 2.37. The van der Waals surface area contributed by atoms with E-state index in [9.17, 15) is 19.7 Å². The first-order chi connectivity index (χ1) is 13.8. The summed E-state index contributed by atoms with van der Waals surface area (Å²) < 4.78 is 5.36. The number of thiol groups is 1. The Labute approximate surface area is 178 Å². The molecule has 0 aromatic heterocycles. The quantitative estimate of drug-likeness (QED) is 0.276. The van der Waals surface area contributed by atoms with Crippen LogP contribution in [0.3, 0.4) is 0 Å². The molecule has 0 spiro atoms. The van der Waals surface area contributed by atoms with Crippen LogP contribution in [0.4, 0.5) is 10.5 Å². The number of nitro groups is 1. The zero-order valence-electron chi connectivity index (χ0n) is 15.8. The maximum Gasteiger partial charge on any atom is 0.410 e. The van der Waals surface area contributed by atoms with Crippen molar-refractivity contribution in [2.75, 3.05) is 18.8 Å². The molecule has 1 aliphatic heterocycles. The Morgan fingerprint density at radius 3 is 2.79 bits per heavy atom. The van der Waals surface area contributed by atoms with Gasteiger partial charge in [-0.05, 0) is 31.0 Å². The number of non-ortho nitro benzene ring substituents is 1. The highest BCUT2D eigenvalue weighted by atomic mass is 32.2. The first-order valence-electron chi connectivity index (χ1n) is 8.93. The number of carbonyl (C=O) groups is 2. The fraction of sp³-hybridized carbons (Fsp3) is 0.500. The molecule has 0 aliphatic carbocycles. The number of rotatable bonds is 8. The molecule has 2 rings (SSSR count). The zero-order valence-corrected chi connectivity index (χ0v) is 17.5. The minimum atomic E-state index is -0.489. The molecule has 1 aromatic carbocycles. The van der Waals surface area contributed by atoms with Gasteiger partial charge in [0, 0.05) is 35.7 Å². The van der Waals surface area contributed by atoms with Crippen molar-refractivity contribution >= 4 is 42.1 Å². The number of nitro benzene ring substituents is 1. The van der Waals surface area contributed by atoms with Gasteiger partial charge in [-0.1, -0.05) is 0 Å². The standard InChI is InChI=1S/C18H22N4O5S2/c1-12(17(23)20-7-6-19)29-11-15-8-16(28)9-21(15)18(24)27-10-13-2-4-14(5-3-13)22(25)26/h2-5,12,15-16,28H,7-11H2,1H3,(H,20,23)/t12?,15-,16-/m0/s1. The Morgan fingerprint density at radius 2 is 2.17 bits per heavy atom. The summed E-state index contributed by atoms with van der Waals surface area (Å²) in [5.41, 5.74) is 0.627. The maximum absolute atomic E-state index is 12.5. The molecule has 29 heavy (non-hydrogen) atoms. The molecule has 1 N–H and O–H groups in total. The molecule has 1 saturated heterocycles. The molecule has 0 bridgehead atoms. The lowest BCUT2D eigenvalue weighted by molar-refractivity contribution is -0.384. The van der Waals surface area contributed by atoms with Gasteiger partial charge in [-0.15, -0.1) is 11.8 Å². The first-order valence-corrected chi connectivity index (χ1v) is 10.5. The summed E-state index contributed by atoms with van der Waals surface area (Å²) >= 11 is 5.87. The van der Waals surface area contributed by atoms with E-state index in [-0.39, 0.29) is 41.3 Å². The van der Waals surface area contributed by atoms with E-state index in [1.54, 1.807) is 24.0 Å². The van der Waals surface area contributed by atoms with E-state index in [4.69, 9.17) is 10.00 Å². The summed E-state index contributed by atoms with van der Waals surface area (Å²) in [7, 11) is 0. The molecular weight excluding hydrogens is 416 g/mol. The second-order valence-electron chi connectivity index (χ2n) is 6.53. The Balaban J connectivity index is 1.86. The Morgan fingerprint density at radius 1 is 1.48 bits per heavy atom. The third-order valence-electron chi connectivity index (χ3n) is 4.39. The molecule has 1 heterocycles. The number of amides is 2. The average molecular weight is 439 g/mol. The van der Waals surface area contributed by atoms with Gasteiger partial charge < -0.3 is 15.0 Å². The summed E-state index contributed by atoms with van der Waals surface area (Å²) in [4.78, 5) is 36.2. The summed E-state index contributed by atoms with van der Waals surface area (Å²) in [6.07, 6.45) is 0.210. The number of nitriles is 1. The van der Waals surface area contributed by atoms with Gasteiger partial charge in [-0.2, -0.15) is 17.9 Å². The molecule has 1 aliphatic rings. The second-order valence-corrected chi connectivity index (χ2v) is 8.63. The minimum absolute atomic E-state index is 0.0113. The highest BCUT2D eigenvalue weighted by Crippen LogP contribution is 2.27. The maximum atomic E-state index is 12.5. The van der Waals surface area contributed by atoms with Crippen molar-refractivity contribution in [2.24, 2.45) is 0 Å². The normalized spacial score (nSPS) is 19.3. The molecular formula is C18H22N4O5S2. The lowest BCUT2D eigenvalue weighted by Crippen LogP contribution is -2.38. The zero-order chi connectivity index (χ0) is 21.4. The van der Waals surface area contributed by atoms with Crippen LogP contribution in [0, 0.1) is 21.4 Å². The monoisotopic (exact) mass is 438 g/mol. The van der Waals surface area contributed by atoms with Crippen LogP contribution < -0.4 is 5.32 Å². The van der Waals surface area contributed by atoms with Gasteiger partial charge in [0.15, 0.2) is 0 Å². The number of carbonyl (C=O) groups excluding carboxylic acids is 2. The van der Waals surface area contributed by atoms with Crippen LogP contribution in [0.1, 0.15) is 18.9 Å². The van der Waals surface area contributed by atoms with Gasteiger partial charge >= 0.3 is 6.09 Å². The first kappa shape index (κ1) is 22.8. The number of benzene rings is 1. The van der Waals surface area contributed by atoms with E-state index in [0.717, 1.165) is 0 Å². The van der Waals surface area contributed by atoms with Crippen LogP contribution in [0.5, 0.6) is 0 Å². The summed E-state index contributed by atoms with van der Waals surface area (Å²) in [5.74, 6) is 0.328. The van der Waals surface area contributed by atoms with E-state index in [0.29, 0.717) is 24.3 Å². The van der Waals surface area contributed by atoms with E-state index >= 15 is 0 Å². The van der Waals surface area contributed by atoms with Crippen molar-refractivity contribution in [3.8, 4) is 6.07 Å². The third-order valence-corrected chi connectivity index (χ3v) is 6.05. The van der Waals surface area contributed by atoms with Crippen LogP contribution >= 0.6 is 24.4 Å². The molecule has 0 radical (unpaired) electrons. The number of hydrogen-bond acceptors (Lipinski definition) is 8. The van der Waals surface area contributed by atoms with Crippen molar-refractivity contribution < 1.29 is 19.2 Å². The molecule has 1 aromatic rings. The van der Waals surface area contributed by atoms with Crippen molar-refractivity contribution in [2.45, 2.75) is 36.5 Å². The average Bonchev–Trinajstić information content (AvgIpc) is 3.09. The van der Waals surface area contributed by atoms with Crippen LogP contribution in [-0.2, 0) is 16.1 Å². The molecule has 0 saturated carbocycles. The topological polar surface area (TPSA) is 126 Å². The third kappa shape index (κ3) is 6.83. The van der Waals surface area contributed by atoms with Crippen molar-refractivity contribution in [1.29, 1.82) is 5.26 Å². The lowest BCUT2D eigenvalue weighted by atomic mass is 10.2. The molecule has 3 atom stereocenters. The fourth-order valence-electron chi connectivity index (χ4n) is 2.82. The SMILES string of the molecule is CC(SC[C@@H]1C[C@H](S)CN1C(=O)OCc1ccc([N+](=O)[O-])cc1)C(=O)NCC#N. The Hall–Kier alpha value is -2.45. The summed E-state index contributed by atoms with van der Waals surface area (Å²) in [6.45, 7) is 2.18. The number of likely N-dealkylation sites (tertiary alicyclic amines) is 1. The van der Waals surface area contributed by atoms with Gasteiger partial charge in [0.05, 0.1) is 16.2 Å².